The van der Waals surface area contributed by atoms with Gasteiger partial charge in [0.1, 0.15) is 11.5 Å². The van der Waals surface area contributed by atoms with Crippen molar-refractivity contribution >= 4 is 39.2 Å². The van der Waals surface area contributed by atoms with E-state index >= 15 is 0 Å². The number of aromatic nitrogens is 7. The van der Waals surface area contributed by atoms with E-state index in [4.69, 9.17) is 4.98 Å². The number of hydrogen-bond donors (Lipinski definition) is 4. The topological polar surface area (TPSA) is 140 Å². The molecule has 0 aliphatic heterocycles. The second kappa shape index (κ2) is 12.0. The molecule has 0 unspecified atom stereocenters. The van der Waals surface area contributed by atoms with Gasteiger partial charge in [0, 0.05) is 53.6 Å². The molecule has 1 aliphatic rings. The molecule has 1 fully saturated rings. The molecule has 4 N–H and O–H groups in total. The van der Waals surface area contributed by atoms with Crippen molar-refractivity contribution in [1.29, 1.82) is 0 Å². The number of carbonyl (C=O) groups excluding carboxylic acids is 1. The fourth-order valence-corrected chi connectivity index (χ4v) is 5.86. The molecule has 0 saturated heterocycles. The number of imidazole rings is 1. The zero-order valence-corrected chi connectivity index (χ0v) is 25.1. The molecule has 6 aromatic rings. The number of carbonyl (C=O) groups is 1. The van der Waals surface area contributed by atoms with Gasteiger partial charge in [0.15, 0.2) is 5.82 Å². The van der Waals surface area contributed by atoms with E-state index in [0.717, 1.165) is 48.7 Å². The number of benzene rings is 1. The van der Waals surface area contributed by atoms with Crippen molar-refractivity contribution in [3.05, 3.63) is 67.1 Å². The first-order chi connectivity index (χ1) is 21.9. The van der Waals surface area contributed by atoms with Crippen molar-refractivity contribution in [3.8, 4) is 33.9 Å². The summed E-state index contributed by atoms with van der Waals surface area (Å²) >= 11 is 0. The van der Waals surface area contributed by atoms with Crippen molar-refractivity contribution < 1.29 is 9.18 Å². The number of likely N-dealkylation sites (N-methyl/N-ethyl adjacent to an activating group) is 1. The second-order valence-electron chi connectivity index (χ2n) is 11.7. The predicted octanol–water partition coefficient (Wildman–Crippen LogP) is 5.87. The molecule has 1 amide bonds. The van der Waals surface area contributed by atoms with Crippen LogP contribution < -0.4 is 10.6 Å². The number of aromatic amines is 2. The number of rotatable bonds is 9. The number of pyridine rings is 3. The summed E-state index contributed by atoms with van der Waals surface area (Å²) in [6, 6.07) is 8.69. The van der Waals surface area contributed by atoms with E-state index in [1.165, 1.54) is 12.1 Å². The molecule has 0 spiro atoms. The Morgan fingerprint density at radius 1 is 0.956 bits per heavy atom. The van der Waals surface area contributed by atoms with E-state index in [2.05, 4.69) is 45.7 Å². The van der Waals surface area contributed by atoms with Gasteiger partial charge in [-0.25, -0.2) is 9.37 Å². The number of anilines is 2. The molecule has 0 radical (unpaired) electrons. The maximum Gasteiger partial charge on any atom is 0.227 e. The highest BCUT2D eigenvalue weighted by molar-refractivity contribution is 5.98. The fraction of sp³-hybridized carbons (Fsp3) is 0.273. The summed E-state index contributed by atoms with van der Waals surface area (Å²) < 4.78 is 14.7. The van der Waals surface area contributed by atoms with Gasteiger partial charge in [-0.3, -0.25) is 24.8 Å². The smallest absolute Gasteiger partial charge is 0.227 e. The zero-order chi connectivity index (χ0) is 30.9. The van der Waals surface area contributed by atoms with Gasteiger partial charge in [-0.1, -0.05) is 12.8 Å². The lowest BCUT2D eigenvalue weighted by Crippen LogP contribution is -2.20. The van der Waals surface area contributed by atoms with Crippen LogP contribution in [0.15, 0.2) is 61.3 Å². The van der Waals surface area contributed by atoms with E-state index in [9.17, 15) is 9.18 Å². The van der Waals surface area contributed by atoms with Gasteiger partial charge < -0.3 is 20.5 Å². The Morgan fingerprint density at radius 2 is 1.78 bits per heavy atom. The summed E-state index contributed by atoms with van der Waals surface area (Å²) in [4.78, 5) is 36.4. The number of halogens is 1. The van der Waals surface area contributed by atoms with E-state index < -0.39 is 0 Å². The quantitative estimate of drug-likeness (QED) is 0.161. The number of fused-ring (bicyclic) bond motifs is 2. The molecule has 45 heavy (non-hydrogen) atoms. The highest BCUT2D eigenvalue weighted by atomic mass is 19.1. The van der Waals surface area contributed by atoms with Crippen molar-refractivity contribution in [2.45, 2.75) is 25.7 Å². The Kier molecular flexibility index (Phi) is 7.64. The SMILES string of the molecule is CN(C)CCNc1cc(F)cc(-c2cncc3[nH]c(-c4n[nH]c5cnc(-c6cncc(NC(=O)C7CCCC7)c6)cc45)nc23)c1. The molecule has 5 heterocycles. The number of nitrogens with one attached hydrogen (secondary N) is 4. The molecule has 5 aromatic heterocycles. The third-order valence-corrected chi connectivity index (χ3v) is 8.19. The first-order valence-electron chi connectivity index (χ1n) is 15.1. The maximum atomic E-state index is 14.7. The summed E-state index contributed by atoms with van der Waals surface area (Å²) in [6.45, 7) is 1.50. The van der Waals surface area contributed by atoms with Gasteiger partial charge in [-0.2, -0.15) is 5.10 Å². The monoisotopic (exact) mass is 604 g/mol. The molecule has 0 bridgehead atoms. The lowest BCUT2D eigenvalue weighted by Gasteiger charge is -2.12. The third-order valence-electron chi connectivity index (χ3n) is 8.19. The largest absolute Gasteiger partial charge is 0.384 e. The van der Waals surface area contributed by atoms with E-state index in [1.807, 2.05) is 32.3 Å². The van der Waals surface area contributed by atoms with Crippen molar-refractivity contribution in [2.24, 2.45) is 5.92 Å². The minimum atomic E-state index is -0.345. The van der Waals surface area contributed by atoms with E-state index in [1.54, 1.807) is 31.0 Å². The summed E-state index contributed by atoms with van der Waals surface area (Å²) in [7, 11) is 3.99. The summed E-state index contributed by atoms with van der Waals surface area (Å²) in [5, 5.41) is 14.7. The summed E-state index contributed by atoms with van der Waals surface area (Å²) in [5.41, 5.74) is 6.87. The number of hydrogen-bond acceptors (Lipinski definition) is 8. The van der Waals surface area contributed by atoms with Crippen molar-refractivity contribution in [3.63, 3.8) is 0 Å². The Bertz CT molecular complexity index is 2010. The van der Waals surface area contributed by atoms with Crippen LogP contribution >= 0.6 is 0 Å². The first kappa shape index (κ1) is 28.5. The van der Waals surface area contributed by atoms with Crippen LogP contribution in [0.5, 0.6) is 0 Å². The highest BCUT2D eigenvalue weighted by Crippen LogP contribution is 2.34. The van der Waals surface area contributed by atoms with Crippen LogP contribution in [-0.2, 0) is 4.79 Å². The molecule has 7 rings (SSSR count). The van der Waals surface area contributed by atoms with Crippen LogP contribution in [-0.4, -0.2) is 73.1 Å². The molecule has 11 nitrogen and oxygen atoms in total. The molecule has 1 aliphatic carbocycles. The average molecular weight is 605 g/mol. The van der Waals surface area contributed by atoms with Crippen LogP contribution in [0.4, 0.5) is 15.8 Å². The van der Waals surface area contributed by atoms with Crippen LogP contribution in [0.2, 0.25) is 0 Å². The first-order valence-corrected chi connectivity index (χ1v) is 15.1. The molecular formula is C33H33FN10O. The van der Waals surface area contributed by atoms with Gasteiger partial charge >= 0.3 is 0 Å². The molecule has 228 valence electrons. The van der Waals surface area contributed by atoms with Crippen molar-refractivity contribution in [2.75, 3.05) is 37.8 Å². The Balaban J connectivity index is 1.20. The van der Waals surface area contributed by atoms with E-state index in [-0.39, 0.29) is 17.6 Å². The van der Waals surface area contributed by atoms with Crippen LogP contribution in [0.3, 0.4) is 0 Å². The van der Waals surface area contributed by atoms with Gasteiger partial charge in [-0.15, -0.1) is 0 Å². The highest BCUT2D eigenvalue weighted by Gasteiger charge is 2.23. The molecule has 1 saturated carbocycles. The van der Waals surface area contributed by atoms with Crippen LogP contribution in [0.1, 0.15) is 25.7 Å². The molecule has 0 atom stereocenters. The fourth-order valence-electron chi connectivity index (χ4n) is 5.86. The number of H-pyrrole nitrogens is 2. The van der Waals surface area contributed by atoms with Gasteiger partial charge in [0.2, 0.25) is 5.91 Å². The second-order valence-corrected chi connectivity index (χ2v) is 11.7. The Morgan fingerprint density at radius 3 is 2.62 bits per heavy atom. The summed E-state index contributed by atoms with van der Waals surface area (Å²) in [5.74, 6) is 0.298. The van der Waals surface area contributed by atoms with E-state index in [0.29, 0.717) is 57.3 Å². The summed E-state index contributed by atoms with van der Waals surface area (Å²) in [6.07, 6.45) is 12.5. The maximum absolute atomic E-state index is 14.7. The normalized spacial score (nSPS) is 13.7. The van der Waals surface area contributed by atoms with Gasteiger partial charge in [0.25, 0.3) is 0 Å². The molecule has 12 heteroatoms. The standard InChI is InChI=1S/C33H33FN10O/c1-44(2)8-7-37-23-10-20(9-22(34)12-23)26-16-36-17-29-30(26)41-32(40-29)31-25-13-27(38-18-28(25)42-43-31)21-11-24(15-35-14-21)39-33(45)19-5-3-4-6-19/h9-19,37H,3-8H2,1-2H3,(H,39,45)(H,40,41)(H,42,43). The van der Waals surface area contributed by atoms with Crippen molar-refractivity contribution in [1.82, 2.24) is 40.0 Å². The number of nitrogens with zero attached hydrogens (tertiary/aromatic N) is 6. The molecule has 1 aromatic carbocycles. The Hall–Kier alpha value is -5.23. The van der Waals surface area contributed by atoms with Gasteiger partial charge in [0.05, 0.1) is 46.5 Å². The minimum absolute atomic E-state index is 0.0424. The molecular weight excluding hydrogens is 571 g/mol. The number of amides is 1. The lowest BCUT2D eigenvalue weighted by atomic mass is 10.1. The lowest BCUT2D eigenvalue weighted by molar-refractivity contribution is -0.119. The predicted molar refractivity (Wildman–Crippen MR) is 173 cm³/mol. The van der Waals surface area contributed by atoms with Crippen LogP contribution in [0.25, 0.3) is 55.8 Å². The third kappa shape index (κ3) is 5.96. The Labute approximate surface area is 258 Å². The minimum Gasteiger partial charge on any atom is -0.384 e. The van der Waals surface area contributed by atoms with Crippen LogP contribution in [0, 0.1) is 11.7 Å². The average Bonchev–Trinajstić information content (AvgIpc) is 3.80. The van der Waals surface area contributed by atoms with Gasteiger partial charge in [-0.05, 0) is 62.8 Å². The zero-order valence-electron chi connectivity index (χ0n) is 25.1.